The molecule has 1 aromatic carbocycles. The molecule has 0 radical (unpaired) electrons. The maximum Gasteiger partial charge on any atom is 0.321 e. The van der Waals surface area contributed by atoms with Gasteiger partial charge in [0.1, 0.15) is 0 Å². The number of carbonyl (C=O) groups excluding carboxylic acids is 1. The van der Waals surface area contributed by atoms with E-state index < -0.39 is 0 Å². The fourth-order valence-corrected chi connectivity index (χ4v) is 4.35. The lowest BCUT2D eigenvalue weighted by Crippen LogP contribution is -2.38. The van der Waals surface area contributed by atoms with E-state index in [-0.39, 0.29) is 17.4 Å². The standard InChI is InChI=1S/C20H26N4O3/c1-13-4-5-17(14(2)10-13)22-19(25)24-11-16(18-21-15(3)23-27-18)20(12-24)6-8-26-9-7-20/h4-5,10,16H,6-9,11-12H2,1-3H3,(H,22,25)/t16-/m0/s1. The van der Waals surface area contributed by atoms with Crippen molar-refractivity contribution in [3.05, 3.63) is 41.0 Å². The van der Waals surface area contributed by atoms with Gasteiger partial charge in [-0.25, -0.2) is 4.79 Å². The molecule has 7 heteroatoms. The first kappa shape index (κ1) is 18.0. The van der Waals surface area contributed by atoms with Gasteiger partial charge in [0.25, 0.3) is 0 Å². The average molecular weight is 370 g/mol. The predicted octanol–water partition coefficient (Wildman–Crippen LogP) is 3.42. The Kier molecular flexibility index (Phi) is 4.63. The Labute approximate surface area is 159 Å². The summed E-state index contributed by atoms with van der Waals surface area (Å²) >= 11 is 0. The Balaban J connectivity index is 1.56. The molecule has 2 aromatic rings. The van der Waals surface area contributed by atoms with Crippen molar-refractivity contribution in [2.24, 2.45) is 5.41 Å². The van der Waals surface area contributed by atoms with Gasteiger partial charge >= 0.3 is 6.03 Å². The van der Waals surface area contributed by atoms with Crippen molar-refractivity contribution in [3.63, 3.8) is 0 Å². The number of hydrogen-bond acceptors (Lipinski definition) is 5. The molecule has 2 fully saturated rings. The Morgan fingerprint density at radius 2 is 2.04 bits per heavy atom. The molecule has 1 atom stereocenters. The van der Waals surface area contributed by atoms with E-state index in [0.29, 0.717) is 38.0 Å². The van der Waals surface area contributed by atoms with Crippen LogP contribution in [0.15, 0.2) is 22.7 Å². The molecule has 7 nitrogen and oxygen atoms in total. The Morgan fingerprint density at radius 3 is 2.70 bits per heavy atom. The van der Waals surface area contributed by atoms with Crippen LogP contribution in [-0.2, 0) is 4.74 Å². The first-order chi connectivity index (χ1) is 13.0. The van der Waals surface area contributed by atoms with Gasteiger partial charge in [-0.15, -0.1) is 0 Å². The van der Waals surface area contributed by atoms with Gasteiger partial charge < -0.3 is 19.5 Å². The molecule has 27 heavy (non-hydrogen) atoms. The number of ether oxygens (including phenoxy) is 1. The molecular weight excluding hydrogens is 344 g/mol. The number of benzene rings is 1. The average Bonchev–Trinajstić information content (AvgIpc) is 3.22. The minimum atomic E-state index is -0.0773. The second kappa shape index (κ2) is 6.96. The SMILES string of the molecule is Cc1ccc(NC(=O)N2C[C@@H](c3nc(C)no3)C3(CCOCC3)C2)c(C)c1. The summed E-state index contributed by atoms with van der Waals surface area (Å²) in [5.74, 6) is 1.31. The first-order valence-electron chi connectivity index (χ1n) is 9.48. The maximum atomic E-state index is 13.0. The van der Waals surface area contributed by atoms with E-state index in [1.807, 2.05) is 37.8 Å². The van der Waals surface area contributed by atoms with Crippen molar-refractivity contribution >= 4 is 11.7 Å². The van der Waals surface area contributed by atoms with Crippen LogP contribution in [0, 0.1) is 26.2 Å². The molecule has 2 saturated heterocycles. The van der Waals surface area contributed by atoms with Gasteiger partial charge in [-0.3, -0.25) is 0 Å². The topological polar surface area (TPSA) is 80.5 Å². The molecule has 0 aliphatic carbocycles. The summed E-state index contributed by atoms with van der Waals surface area (Å²) in [6, 6.07) is 5.97. The monoisotopic (exact) mass is 370 g/mol. The lowest BCUT2D eigenvalue weighted by molar-refractivity contribution is 0.00959. The summed E-state index contributed by atoms with van der Waals surface area (Å²) in [5, 5.41) is 7.03. The van der Waals surface area contributed by atoms with Crippen LogP contribution >= 0.6 is 0 Å². The van der Waals surface area contributed by atoms with Crippen LogP contribution in [0.4, 0.5) is 10.5 Å². The van der Waals surface area contributed by atoms with Gasteiger partial charge in [0.2, 0.25) is 5.89 Å². The summed E-state index contributed by atoms with van der Waals surface area (Å²) in [6.45, 7) is 8.55. The second-order valence-electron chi connectivity index (χ2n) is 7.84. The summed E-state index contributed by atoms with van der Waals surface area (Å²) in [7, 11) is 0. The van der Waals surface area contributed by atoms with Crippen LogP contribution < -0.4 is 5.32 Å². The third kappa shape index (κ3) is 3.43. The van der Waals surface area contributed by atoms with Crippen molar-refractivity contribution < 1.29 is 14.1 Å². The Morgan fingerprint density at radius 1 is 1.26 bits per heavy atom. The molecule has 4 rings (SSSR count). The zero-order valence-electron chi connectivity index (χ0n) is 16.1. The number of aryl methyl sites for hydroxylation is 3. The van der Waals surface area contributed by atoms with Crippen LogP contribution in [0.1, 0.15) is 41.6 Å². The largest absolute Gasteiger partial charge is 0.381 e. The highest BCUT2D eigenvalue weighted by molar-refractivity contribution is 5.90. The lowest BCUT2D eigenvalue weighted by atomic mass is 9.72. The van der Waals surface area contributed by atoms with E-state index in [1.165, 1.54) is 5.56 Å². The van der Waals surface area contributed by atoms with Crippen molar-refractivity contribution in [3.8, 4) is 0 Å². The third-order valence-electron chi connectivity index (χ3n) is 5.89. The quantitative estimate of drug-likeness (QED) is 0.876. The molecule has 2 amide bonds. The van der Waals surface area contributed by atoms with Crippen LogP contribution in [0.2, 0.25) is 0 Å². The van der Waals surface area contributed by atoms with Crippen LogP contribution in [0.3, 0.4) is 0 Å². The molecule has 1 N–H and O–H groups in total. The van der Waals surface area contributed by atoms with Gasteiger partial charge in [0.15, 0.2) is 5.82 Å². The Hall–Kier alpha value is -2.41. The smallest absolute Gasteiger partial charge is 0.321 e. The molecule has 0 unspecified atom stereocenters. The fraction of sp³-hybridized carbons (Fsp3) is 0.550. The number of aromatic nitrogens is 2. The number of carbonyl (C=O) groups is 1. The van der Waals surface area contributed by atoms with Gasteiger partial charge in [-0.1, -0.05) is 22.9 Å². The van der Waals surface area contributed by atoms with Gasteiger partial charge in [0, 0.05) is 37.4 Å². The number of rotatable bonds is 2. The predicted molar refractivity (Wildman–Crippen MR) is 101 cm³/mol. The third-order valence-corrected chi connectivity index (χ3v) is 5.89. The van der Waals surface area contributed by atoms with Gasteiger partial charge in [0.05, 0.1) is 5.92 Å². The second-order valence-corrected chi connectivity index (χ2v) is 7.84. The highest BCUT2D eigenvalue weighted by atomic mass is 16.5. The minimum absolute atomic E-state index is 0.0486. The van der Waals surface area contributed by atoms with Crippen molar-refractivity contribution in [1.82, 2.24) is 15.0 Å². The molecule has 0 bridgehead atoms. The maximum absolute atomic E-state index is 13.0. The summed E-state index contributed by atoms with van der Waals surface area (Å²) < 4.78 is 11.1. The van der Waals surface area contributed by atoms with Crippen molar-refractivity contribution in [2.75, 3.05) is 31.6 Å². The number of amides is 2. The molecular formula is C20H26N4O3. The van der Waals surface area contributed by atoms with E-state index in [2.05, 4.69) is 21.5 Å². The molecule has 2 aliphatic rings. The van der Waals surface area contributed by atoms with E-state index in [0.717, 1.165) is 24.1 Å². The molecule has 1 aromatic heterocycles. The van der Waals surface area contributed by atoms with E-state index in [4.69, 9.17) is 9.26 Å². The number of nitrogens with one attached hydrogen (secondary N) is 1. The zero-order valence-corrected chi connectivity index (χ0v) is 16.1. The normalized spacial score (nSPS) is 21.6. The van der Waals surface area contributed by atoms with E-state index in [9.17, 15) is 4.79 Å². The summed E-state index contributed by atoms with van der Waals surface area (Å²) in [6.07, 6.45) is 1.79. The molecule has 144 valence electrons. The summed E-state index contributed by atoms with van der Waals surface area (Å²) in [5.41, 5.74) is 3.03. The van der Waals surface area contributed by atoms with Crippen LogP contribution in [-0.4, -0.2) is 47.4 Å². The molecule has 3 heterocycles. The Bertz CT molecular complexity index is 842. The minimum Gasteiger partial charge on any atom is -0.381 e. The van der Waals surface area contributed by atoms with Gasteiger partial charge in [-0.05, 0) is 45.2 Å². The summed E-state index contributed by atoms with van der Waals surface area (Å²) in [4.78, 5) is 19.3. The first-order valence-corrected chi connectivity index (χ1v) is 9.48. The number of urea groups is 1. The van der Waals surface area contributed by atoms with Gasteiger partial charge in [-0.2, -0.15) is 4.98 Å². The fourth-order valence-electron chi connectivity index (χ4n) is 4.35. The molecule has 1 spiro atoms. The highest BCUT2D eigenvalue weighted by Crippen LogP contribution is 2.49. The van der Waals surface area contributed by atoms with Crippen molar-refractivity contribution in [1.29, 1.82) is 0 Å². The van der Waals surface area contributed by atoms with E-state index >= 15 is 0 Å². The number of hydrogen-bond donors (Lipinski definition) is 1. The van der Waals surface area contributed by atoms with Crippen LogP contribution in [0.5, 0.6) is 0 Å². The highest BCUT2D eigenvalue weighted by Gasteiger charge is 2.51. The number of likely N-dealkylation sites (tertiary alicyclic amines) is 1. The molecule has 0 saturated carbocycles. The van der Waals surface area contributed by atoms with Crippen LogP contribution in [0.25, 0.3) is 0 Å². The van der Waals surface area contributed by atoms with E-state index in [1.54, 1.807) is 0 Å². The van der Waals surface area contributed by atoms with Crippen molar-refractivity contribution in [2.45, 2.75) is 39.5 Å². The molecule has 2 aliphatic heterocycles. The number of nitrogens with zero attached hydrogens (tertiary/aromatic N) is 3. The number of anilines is 1. The zero-order chi connectivity index (χ0) is 19.0. The lowest BCUT2D eigenvalue weighted by Gasteiger charge is -2.36.